The van der Waals surface area contributed by atoms with E-state index in [-0.39, 0.29) is 12.1 Å². The monoisotopic (exact) mass is 201 g/mol. The van der Waals surface area contributed by atoms with E-state index in [9.17, 15) is 9.90 Å². The largest absolute Gasteiger partial charge is 0.450 e. The number of rotatable bonds is 2. The molecule has 0 bridgehead atoms. The number of ether oxygens (including phenoxy) is 1. The van der Waals surface area contributed by atoms with Gasteiger partial charge in [0.15, 0.2) is 0 Å². The Morgan fingerprint density at radius 1 is 1.57 bits per heavy atom. The van der Waals surface area contributed by atoms with Crippen molar-refractivity contribution in [3.05, 3.63) is 0 Å². The first-order valence-electron chi connectivity index (χ1n) is 5.19. The van der Waals surface area contributed by atoms with Gasteiger partial charge in [-0.1, -0.05) is 0 Å². The second kappa shape index (κ2) is 4.64. The third-order valence-electron chi connectivity index (χ3n) is 2.66. The predicted octanol–water partition coefficient (Wildman–Crippen LogP) is 1.43. The summed E-state index contributed by atoms with van der Waals surface area (Å²) < 4.78 is 4.78. The van der Waals surface area contributed by atoms with Crippen molar-refractivity contribution in [3.63, 3.8) is 0 Å². The first-order chi connectivity index (χ1) is 6.53. The molecule has 14 heavy (non-hydrogen) atoms. The summed E-state index contributed by atoms with van der Waals surface area (Å²) in [5.41, 5.74) is -0.549. The van der Waals surface area contributed by atoms with E-state index in [1.54, 1.807) is 6.92 Å². The number of aliphatic hydroxyl groups is 1. The Bertz CT molecular complexity index is 194. The number of hydrogen-bond acceptors (Lipinski definition) is 3. The van der Waals surface area contributed by atoms with Crippen LogP contribution in [0, 0.1) is 0 Å². The number of amides is 1. The Balaban J connectivity index is 2.25. The second-order valence-corrected chi connectivity index (χ2v) is 4.14. The lowest BCUT2D eigenvalue weighted by molar-refractivity contribution is 0.0137. The summed E-state index contributed by atoms with van der Waals surface area (Å²) >= 11 is 0. The third kappa shape index (κ3) is 3.54. The highest BCUT2D eigenvalue weighted by molar-refractivity contribution is 5.67. The van der Waals surface area contributed by atoms with Gasteiger partial charge in [0.25, 0.3) is 0 Å². The summed E-state index contributed by atoms with van der Waals surface area (Å²) in [6.07, 6.45) is 2.78. The van der Waals surface area contributed by atoms with Crippen LogP contribution >= 0.6 is 0 Å². The minimum Gasteiger partial charge on any atom is -0.450 e. The SMILES string of the molecule is CCOC(=O)NC1CCC(C)(O)CC1. The van der Waals surface area contributed by atoms with E-state index in [2.05, 4.69) is 5.32 Å². The van der Waals surface area contributed by atoms with Crippen LogP contribution in [0.1, 0.15) is 39.5 Å². The maximum absolute atomic E-state index is 11.1. The molecule has 1 aliphatic carbocycles. The molecule has 0 atom stereocenters. The van der Waals surface area contributed by atoms with Crippen LogP contribution in [-0.2, 0) is 4.74 Å². The van der Waals surface area contributed by atoms with Crippen LogP contribution in [0.4, 0.5) is 4.79 Å². The van der Waals surface area contributed by atoms with Crippen LogP contribution in [0.15, 0.2) is 0 Å². The molecule has 1 amide bonds. The molecule has 2 N–H and O–H groups in total. The number of nitrogens with one attached hydrogen (secondary N) is 1. The molecule has 0 heterocycles. The highest BCUT2D eigenvalue weighted by atomic mass is 16.5. The minimum absolute atomic E-state index is 0.161. The normalized spacial score (nSPS) is 32.4. The molecule has 82 valence electrons. The van der Waals surface area contributed by atoms with Gasteiger partial charge in [-0.2, -0.15) is 0 Å². The zero-order chi connectivity index (χ0) is 10.6. The summed E-state index contributed by atoms with van der Waals surface area (Å²) in [7, 11) is 0. The topological polar surface area (TPSA) is 58.6 Å². The number of alkyl carbamates (subject to hydrolysis) is 1. The van der Waals surface area contributed by atoms with Crippen LogP contribution < -0.4 is 5.32 Å². The molecular weight excluding hydrogens is 182 g/mol. The quantitative estimate of drug-likeness (QED) is 0.710. The molecule has 0 aliphatic heterocycles. The fourth-order valence-corrected chi connectivity index (χ4v) is 1.72. The molecule has 1 aliphatic rings. The van der Waals surface area contributed by atoms with E-state index in [4.69, 9.17) is 4.74 Å². The zero-order valence-corrected chi connectivity index (χ0v) is 8.88. The van der Waals surface area contributed by atoms with Crippen LogP contribution in [0.2, 0.25) is 0 Å². The van der Waals surface area contributed by atoms with Crippen molar-refractivity contribution in [2.24, 2.45) is 0 Å². The van der Waals surface area contributed by atoms with Crippen LogP contribution in [0.3, 0.4) is 0 Å². The van der Waals surface area contributed by atoms with Crippen molar-refractivity contribution in [3.8, 4) is 0 Å². The summed E-state index contributed by atoms with van der Waals surface area (Å²) in [6.45, 7) is 4.02. The molecule has 4 nitrogen and oxygen atoms in total. The summed E-state index contributed by atoms with van der Waals surface area (Å²) in [5.74, 6) is 0. The molecule has 1 fully saturated rings. The molecule has 0 radical (unpaired) electrons. The summed E-state index contributed by atoms with van der Waals surface area (Å²) in [4.78, 5) is 11.1. The van der Waals surface area contributed by atoms with E-state index >= 15 is 0 Å². The Hall–Kier alpha value is -0.770. The Morgan fingerprint density at radius 2 is 2.14 bits per heavy atom. The van der Waals surface area contributed by atoms with Gasteiger partial charge in [-0.15, -0.1) is 0 Å². The van der Waals surface area contributed by atoms with Crippen molar-refractivity contribution in [2.75, 3.05) is 6.61 Å². The van der Waals surface area contributed by atoms with Crippen LogP contribution in [-0.4, -0.2) is 29.4 Å². The van der Waals surface area contributed by atoms with E-state index < -0.39 is 5.60 Å². The van der Waals surface area contributed by atoms with Crippen molar-refractivity contribution in [1.82, 2.24) is 5.32 Å². The van der Waals surface area contributed by atoms with Gasteiger partial charge in [-0.25, -0.2) is 4.79 Å². The molecule has 0 unspecified atom stereocenters. The molecule has 0 aromatic rings. The van der Waals surface area contributed by atoms with Gasteiger partial charge < -0.3 is 15.2 Å². The fourth-order valence-electron chi connectivity index (χ4n) is 1.72. The van der Waals surface area contributed by atoms with Gasteiger partial charge in [-0.3, -0.25) is 0 Å². The van der Waals surface area contributed by atoms with Gasteiger partial charge in [0, 0.05) is 6.04 Å². The van der Waals surface area contributed by atoms with E-state index in [0.29, 0.717) is 6.61 Å². The van der Waals surface area contributed by atoms with E-state index in [0.717, 1.165) is 25.7 Å². The van der Waals surface area contributed by atoms with Gasteiger partial charge >= 0.3 is 6.09 Å². The lowest BCUT2D eigenvalue weighted by Gasteiger charge is -2.33. The predicted molar refractivity (Wildman–Crippen MR) is 53.0 cm³/mol. The van der Waals surface area contributed by atoms with E-state index in [1.165, 1.54) is 0 Å². The van der Waals surface area contributed by atoms with Crippen molar-refractivity contribution < 1.29 is 14.6 Å². The lowest BCUT2D eigenvalue weighted by Crippen LogP contribution is -2.42. The second-order valence-electron chi connectivity index (χ2n) is 4.14. The Morgan fingerprint density at radius 3 is 2.64 bits per heavy atom. The highest BCUT2D eigenvalue weighted by Gasteiger charge is 2.29. The molecule has 4 heteroatoms. The number of carbonyl (C=O) groups excluding carboxylic acids is 1. The zero-order valence-electron chi connectivity index (χ0n) is 8.88. The minimum atomic E-state index is -0.549. The van der Waals surface area contributed by atoms with Crippen molar-refractivity contribution >= 4 is 6.09 Å². The summed E-state index contributed by atoms with van der Waals surface area (Å²) in [5, 5.41) is 12.5. The van der Waals surface area contributed by atoms with Gasteiger partial charge in [0.1, 0.15) is 0 Å². The maximum atomic E-state index is 11.1. The number of hydrogen-bond donors (Lipinski definition) is 2. The first-order valence-corrected chi connectivity index (χ1v) is 5.19. The average Bonchev–Trinajstić information content (AvgIpc) is 2.09. The summed E-state index contributed by atoms with van der Waals surface area (Å²) in [6, 6.07) is 0.161. The lowest BCUT2D eigenvalue weighted by atomic mass is 9.84. The Labute approximate surface area is 84.6 Å². The van der Waals surface area contributed by atoms with Crippen LogP contribution in [0.5, 0.6) is 0 Å². The molecule has 0 aromatic heterocycles. The van der Waals surface area contributed by atoms with Crippen LogP contribution in [0.25, 0.3) is 0 Å². The van der Waals surface area contributed by atoms with E-state index in [1.807, 2.05) is 6.92 Å². The maximum Gasteiger partial charge on any atom is 0.407 e. The molecule has 1 saturated carbocycles. The average molecular weight is 201 g/mol. The molecule has 0 spiro atoms. The Kier molecular flexibility index (Phi) is 3.75. The van der Waals surface area contributed by atoms with Gasteiger partial charge in [0.05, 0.1) is 12.2 Å². The third-order valence-corrected chi connectivity index (χ3v) is 2.66. The fraction of sp³-hybridized carbons (Fsp3) is 0.900. The molecule has 0 aromatic carbocycles. The highest BCUT2D eigenvalue weighted by Crippen LogP contribution is 2.27. The number of carbonyl (C=O) groups is 1. The molecular formula is C10H19NO3. The van der Waals surface area contributed by atoms with Crippen molar-refractivity contribution in [2.45, 2.75) is 51.2 Å². The molecule has 0 saturated heterocycles. The molecule has 1 rings (SSSR count). The van der Waals surface area contributed by atoms with Gasteiger partial charge in [0.2, 0.25) is 0 Å². The smallest absolute Gasteiger partial charge is 0.407 e. The first kappa shape index (κ1) is 11.3. The standard InChI is InChI=1S/C10H19NO3/c1-3-14-9(12)11-8-4-6-10(2,13)7-5-8/h8,13H,3-7H2,1-2H3,(H,11,12). The van der Waals surface area contributed by atoms with Gasteiger partial charge in [-0.05, 0) is 39.5 Å². The van der Waals surface area contributed by atoms with Crippen molar-refractivity contribution in [1.29, 1.82) is 0 Å².